The number of hydrogen-bond donors (Lipinski definition) is 1. The second kappa shape index (κ2) is 6.02. The molecule has 0 fully saturated rings. The summed E-state index contributed by atoms with van der Waals surface area (Å²) in [5.74, 6) is -0.270. The number of carbonyl (C=O) groups is 1. The number of amides is 1. The number of aromatic nitrogens is 1. The van der Waals surface area contributed by atoms with Crippen LogP contribution in [0.3, 0.4) is 0 Å². The Bertz CT molecular complexity index is 588. The average Bonchev–Trinajstić information content (AvgIpc) is 2.75. The Hall–Kier alpha value is -0.620. The summed E-state index contributed by atoms with van der Waals surface area (Å²) < 4.78 is 1.02. The maximum absolute atomic E-state index is 11.9. The first-order valence-corrected chi connectivity index (χ1v) is 7.26. The Morgan fingerprint density at radius 2 is 2.22 bits per heavy atom. The highest BCUT2D eigenvalue weighted by Gasteiger charge is 2.11. The fourth-order valence-corrected chi connectivity index (χ4v) is 3.07. The number of nitrogens with one attached hydrogen (secondary N) is 1. The Morgan fingerprint density at radius 1 is 1.44 bits per heavy atom. The molecule has 0 saturated heterocycles. The maximum Gasteiger partial charge on any atom is 0.253 e. The molecule has 0 aliphatic carbocycles. The minimum Gasteiger partial charge on any atom is -0.347 e. The van der Waals surface area contributed by atoms with E-state index in [0.717, 1.165) is 8.66 Å². The van der Waals surface area contributed by atoms with Crippen molar-refractivity contribution in [3.63, 3.8) is 0 Å². The molecule has 0 unspecified atom stereocenters. The predicted molar refractivity (Wildman–Crippen MR) is 77.4 cm³/mol. The van der Waals surface area contributed by atoms with Crippen LogP contribution in [-0.2, 0) is 6.54 Å². The summed E-state index contributed by atoms with van der Waals surface area (Å²) in [6.45, 7) is 0.450. The average molecular weight is 366 g/mol. The van der Waals surface area contributed by atoms with Crippen LogP contribution in [0.25, 0.3) is 0 Å². The van der Waals surface area contributed by atoms with Gasteiger partial charge < -0.3 is 5.32 Å². The summed E-state index contributed by atoms with van der Waals surface area (Å²) >= 11 is 16.5. The van der Waals surface area contributed by atoms with E-state index in [1.807, 2.05) is 12.1 Å². The molecule has 0 saturated carbocycles. The Balaban J connectivity index is 2.05. The summed E-state index contributed by atoms with van der Waals surface area (Å²) in [6.07, 6.45) is 1.36. The SMILES string of the molecule is O=C(NCc1ccc(Br)s1)c1cc(Cl)ncc1Cl. The van der Waals surface area contributed by atoms with Gasteiger partial charge in [-0.2, -0.15) is 0 Å². The quantitative estimate of drug-likeness (QED) is 0.830. The second-order valence-electron chi connectivity index (χ2n) is 3.38. The predicted octanol–water partition coefficient (Wildman–Crippen LogP) is 4.14. The van der Waals surface area contributed by atoms with Gasteiger partial charge >= 0.3 is 0 Å². The molecule has 18 heavy (non-hydrogen) atoms. The normalized spacial score (nSPS) is 10.4. The summed E-state index contributed by atoms with van der Waals surface area (Å²) in [4.78, 5) is 16.7. The Labute approximate surface area is 126 Å². The second-order valence-corrected chi connectivity index (χ2v) is 6.72. The van der Waals surface area contributed by atoms with Crippen LogP contribution in [0.1, 0.15) is 15.2 Å². The van der Waals surface area contributed by atoms with Crippen LogP contribution in [0.5, 0.6) is 0 Å². The molecule has 2 rings (SSSR count). The topological polar surface area (TPSA) is 42.0 Å². The lowest BCUT2D eigenvalue weighted by Gasteiger charge is -2.05. The molecule has 1 N–H and O–H groups in total. The van der Waals surface area contributed by atoms with Gasteiger partial charge in [0.15, 0.2) is 0 Å². The van der Waals surface area contributed by atoms with E-state index in [4.69, 9.17) is 23.2 Å². The minimum absolute atomic E-state index is 0.239. The molecular formula is C11H7BrCl2N2OS. The number of halogens is 3. The molecule has 0 aromatic carbocycles. The maximum atomic E-state index is 11.9. The molecule has 0 spiro atoms. The zero-order chi connectivity index (χ0) is 13.1. The molecule has 7 heteroatoms. The van der Waals surface area contributed by atoms with Gasteiger partial charge in [0.1, 0.15) is 5.15 Å². The van der Waals surface area contributed by atoms with Gasteiger partial charge in [-0.25, -0.2) is 4.98 Å². The smallest absolute Gasteiger partial charge is 0.253 e. The molecule has 2 aromatic heterocycles. The highest BCUT2D eigenvalue weighted by Crippen LogP contribution is 2.22. The van der Waals surface area contributed by atoms with Crippen molar-refractivity contribution in [1.29, 1.82) is 0 Å². The van der Waals surface area contributed by atoms with Crippen molar-refractivity contribution in [2.75, 3.05) is 0 Å². The van der Waals surface area contributed by atoms with Gasteiger partial charge in [0.25, 0.3) is 5.91 Å². The van der Waals surface area contributed by atoms with E-state index < -0.39 is 0 Å². The van der Waals surface area contributed by atoms with Crippen molar-refractivity contribution in [1.82, 2.24) is 10.3 Å². The summed E-state index contributed by atoms with van der Waals surface area (Å²) in [5.41, 5.74) is 0.326. The van der Waals surface area contributed by atoms with Crippen molar-refractivity contribution in [3.05, 3.63) is 48.8 Å². The summed E-state index contributed by atoms with van der Waals surface area (Å²) in [5, 5.41) is 3.30. The number of carbonyl (C=O) groups excluding carboxylic acids is 1. The van der Waals surface area contributed by atoms with Crippen molar-refractivity contribution in [2.45, 2.75) is 6.54 Å². The monoisotopic (exact) mass is 364 g/mol. The van der Waals surface area contributed by atoms with Gasteiger partial charge in [0.2, 0.25) is 0 Å². The molecule has 2 heterocycles. The Kier molecular flexibility index (Phi) is 4.61. The van der Waals surface area contributed by atoms with E-state index >= 15 is 0 Å². The number of hydrogen-bond acceptors (Lipinski definition) is 3. The lowest BCUT2D eigenvalue weighted by molar-refractivity contribution is 0.0951. The largest absolute Gasteiger partial charge is 0.347 e. The van der Waals surface area contributed by atoms with E-state index in [2.05, 4.69) is 26.2 Å². The van der Waals surface area contributed by atoms with Gasteiger partial charge in [-0.3, -0.25) is 4.79 Å². The van der Waals surface area contributed by atoms with Gasteiger partial charge in [-0.05, 0) is 34.1 Å². The highest BCUT2D eigenvalue weighted by molar-refractivity contribution is 9.11. The van der Waals surface area contributed by atoms with Gasteiger partial charge in [0.05, 0.1) is 20.9 Å². The first kappa shape index (κ1) is 13.8. The molecule has 1 amide bonds. The molecule has 0 aliphatic heterocycles. The molecule has 94 valence electrons. The molecule has 0 radical (unpaired) electrons. The first-order chi connectivity index (χ1) is 8.56. The third-order valence-electron chi connectivity index (χ3n) is 2.12. The van der Waals surface area contributed by atoms with E-state index in [0.29, 0.717) is 12.1 Å². The van der Waals surface area contributed by atoms with Crippen LogP contribution in [0.4, 0.5) is 0 Å². The van der Waals surface area contributed by atoms with Gasteiger partial charge in [0, 0.05) is 11.1 Å². The van der Waals surface area contributed by atoms with Gasteiger partial charge in [-0.1, -0.05) is 23.2 Å². The Morgan fingerprint density at radius 3 is 2.89 bits per heavy atom. The molecule has 3 nitrogen and oxygen atoms in total. The van der Waals surface area contributed by atoms with Crippen molar-refractivity contribution in [2.24, 2.45) is 0 Å². The van der Waals surface area contributed by atoms with Crippen LogP contribution in [-0.4, -0.2) is 10.9 Å². The van der Waals surface area contributed by atoms with E-state index in [-0.39, 0.29) is 16.1 Å². The standard InChI is InChI=1S/C11H7BrCl2N2OS/c12-9-2-1-6(18-9)4-16-11(17)7-3-10(14)15-5-8(7)13/h1-3,5H,4H2,(H,16,17). The minimum atomic E-state index is -0.270. The fourth-order valence-electron chi connectivity index (χ4n) is 1.30. The number of thiophene rings is 1. The molecular weight excluding hydrogens is 359 g/mol. The van der Waals surface area contributed by atoms with Crippen LogP contribution in [0.2, 0.25) is 10.2 Å². The molecule has 0 atom stereocenters. The third-order valence-corrected chi connectivity index (χ3v) is 4.25. The van der Waals surface area contributed by atoms with Crippen molar-refractivity contribution < 1.29 is 4.79 Å². The van der Waals surface area contributed by atoms with E-state index in [1.165, 1.54) is 12.3 Å². The zero-order valence-electron chi connectivity index (χ0n) is 8.91. The summed E-state index contributed by atoms with van der Waals surface area (Å²) in [7, 11) is 0. The van der Waals surface area contributed by atoms with Crippen molar-refractivity contribution >= 4 is 56.4 Å². The lowest BCUT2D eigenvalue weighted by atomic mass is 10.2. The fraction of sp³-hybridized carbons (Fsp3) is 0.0909. The van der Waals surface area contributed by atoms with Crippen LogP contribution in [0, 0.1) is 0 Å². The van der Waals surface area contributed by atoms with Gasteiger partial charge in [-0.15, -0.1) is 11.3 Å². The van der Waals surface area contributed by atoms with Crippen LogP contribution >= 0.6 is 50.5 Å². The van der Waals surface area contributed by atoms with Crippen molar-refractivity contribution in [3.8, 4) is 0 Å². The highest BCUT2D eigenvalue weighted by atomic mass is 79.9. The number of nitrogens with zero attached hydrogens (tertiary/aromatic N) is 1. The van der Waals surface area contributed by atoms with Crippen LogP contribution < -0.4 is 5.32 Å². The molecule has 0 bridgehead atoms. The van der Waals surface area contributed by atoms with E-state index in [1.54, 1.807) is 11.3 Å². The molecule has 2 aromatic rings. The van der Waals surface area contributed by atoms with E-state index in [9.17, 15) is 4.79 Å². The number of pyridine rings is 1. The zero-order valence-corrected chi connectivity index (χ0v) is 12.8. The lowest BCUT2D eigenvalue weighted by Crippen LogP contribution is -2.22. The first-order valence-electron chi connectivity index (χ1n) is 4.89. The van der Waals surface area contributed by atoms with Crippen LogP contribution in [0.15, 0.2) is 28.2 Å². The number of rotatable bonds is 3. The third kappa shape index (κ3) is 3.45. The molecule has 0 aliphatic rings. The summed E-state index contributed by atoms with van der Waals surface area (Å²) in [6, 6.07) is 5.32.